The van der Waals surface area contributed by atoms with E-state index in [0.717, 1.165) is 6.54 Å². The fraction of sp³-hybridized carbons (Fsp3) is 0.750. The highest BCUT2D eigenvalue weighted by atomic mass is 16.3. The summed E-state index contributed by atoms with van der Waals surface area (Å²) in [5.41, 5.74) is -0.822. The first-order valence-corrected chi connectivity index (χ1v) is 3.43. The van der Waals surface area contributed by atoms with E-state index in [1.807, 2.05) is 7.05 Å². The van der Waals surface area contributed by atoms with E-state index in [9.17, 15) is 5.11 Å². The Morgan fingerprint density at radius 2 is 2.20 bits per heavy atom. The fourth-order valence-corrected chi connectivity index (χ4v) is 0.700. The van der Waals surface area contributed by atoms with Gasteiger partial charge in [-0.25, -0.2) is 0 Å². The van der Waals surface area contributed by atoms with Gasteiger partial charge in [-0.05, 0) is 33.9 Å². The molecule has 0 saturated carbocycles. The number of hydrogen-bond donors (Lipinski definition) is 2. The Morgan fingerprint density at radius 1 is 1.60 bits per heavy atom. The molecule has 58 valence electrons. The molecule has 0 aromatic heterocycles. The molecule has 0 rings (SSSR count). The molecule has 0 spiro atoms. The Kier molecular flexibility index (Phi) is 4.10. The maximum absolute atomic E-state index is 9.43. The second-order valence-electron chi connectivity index (χ2n) is 2.50. The van der Waals surface area contributed by atoms with Crippen LogP contribution in [0.25, 0.3) is 0 Å². The first kappa shape index (κ1) is 9.48. The van der Waals surface area contributed by atoms with Gasteiger partial charge in [0, 0.05) is 0 Å². The predicted octanol–water partition coefficient (Wildman–Crippen LogP) is 0.370. The van der Waals surface area contributed by atoms with Gasteiger partial charge in [0.15, 0.2) is 0 Å². The second kappa shape index (κ2) is 4.32. The standard InChI is InChI=1S/C8H15NO/c1-4-5-8(2,10)6-7-9-3/h9-10H,6-7H2,1-3H3. The normalized spacial score (nSPS) is 15.2. The van der Waals surface area contributed by atoms with Crippen molar-refractivity contribution in [2.24, 2.45) is 0 Å². The number of nitrogens with one attached hydrogen (secondary N) is 1. The van der Waals surface area contributed by atoms with Crippen LogP contribution in [0, 0.1) is 11.8 Å². The minimum absolute atomic E-state index is 0.671. The van der Waals surface area contributed by atoms with Crippen LogP contribution in [-0.4, -0.2) is 24.3 Å². The van der Waals surface area contributed by atoms with Gasteiger partial charge in [-0.2, -0.15) is 0 Å². The lowest BCUT2D eigenvalue weighted by atomic mass is 10.0. The zero-order chi connectivity index (χ0) is 8.04. The van der Waals surface area contributed by atoms with Crippen LogP contribution >= 0.6 is 0 Å². The number of hydrogen-bond acceptors (Lipinski definition) is 2. The summed E-state index contributed by atoms with van der Waals surface area (Å²) in [5, 5.41) is 12.4. The monoisotopic (exact) mass is 141 g/mol. The Morgan fingerprint density at radius 3 is 2.60 bits per heavy atom. The summed E-state index contributed by atoms with van der Waals surface area (Å²) in [4.78, 5) is 0. The highest BCUT2D eigenvalue weighted by Gasteiger charge is 2.14. The molecule has 0 aliphatic heterocycles. The van der Waals surface area contributed by atoms with Crippen LogP contribution in [-0.2, 0) is 0 Å². The van der Waals surface area contributed by atoms with Crippen molar-refractivity contribution in [2.45, 2.75) is 25.9 Å². The third-order valence-corrected chi connectivity index (χ3v) is 1.26. The van der Waals surface area contributed by atoms with Crippen LogP contribution in [0.4, 0.5) is 0 Å². The summed E-state index contributed by atoms with van der Waals surface area (Å²) in [7, 11) is 1.86. The number of aliphatic hydroxyl groups is 1. The maximum Gasteiger partial charge on any atom is 0.123 e. The van der Waals surface area contributed by atoms with E-state index in [-0.39, 0.29) is 0 Å². The molecular formula is C8H15NO. The lowest BCUT2D eigenvalue weighted by molar-refractivity contribution is 0.113. The van der Waals surface area contributed by atoms with Crippen molar-refractivity contribution in [3.05, 3.63) is 0 Å². The second-order valence-corrected chi connectivity index (χ2v) is 2.50. The van der Waals surface area contributed by atoms with Gasteiger partial charge in [-0.15, -0.1) is 5.92 Å². The van der Waals surface area contributed by atoms with Crippen molar-refractivity contribution >= 4 is 0 Å². The molecule has 2 N–H and O–H groups in total. The van der Waals surface area contributed by atoms with Crippen molar-refractivity contribution in [3.63, 3.8) is 0 Å². The molecule has 1 atom stereocenters. The van der Waals surface area contributed by atoms with Gasteiger partial charge in [0.25, 0.3) is 0 Å². The molecule has 2 nitrogen and oxygen atoms in total. The van der Waals surface area contributed by atoms with E-state index in [0.29, 0.717) is 6.42 Å². The van der Waals surface area contributed by atoms with Crippen LogP contribution in [0.1, 0.15) is 20.3 Å². The summed E-state index contributed by atoms with van der Waals surface area (Å²) >= 11 is 0. The molecule has 1 unspecified atom stereocenters. The highest BCUT2D eigenvalue weighted by molar-refractivity contribution is 5.09. The van der Waals surface area contributed by atoms with Crippen molar-refractivity contribution < 1.29 is 5.11 Å². The third kappa shape index (κ3) is 4.37. The fourth-order valence-electron chi connectivity index (χ4n) is 0.700. The lowest BCUT2D eigenvalue weighted by Crippen LogP contribution is -2.26. The first-order valence-electron chi connectivity index (χ1n) is 3.43. The van der Waals surface area contributed by atoms with E-state index in [1.165, 1.54) is 0 Å². The smallest absolute Gasteiger partial charge is 0.123 e. The molecule has 0 saturated heterocycles. The third-order valence-electron chi connectivity index (χ3n) is 1.26. The van der Waals surface area contributed by atoms with Gasteiger partial charge < -0.3 is 10.4 Å². The summed E-state index contributed by atoms with van der Waals surface area (Å²) in [5.74, 6) is 5.41. The van der Waals surface area contributed by atoms with E-state index >= 15 is 0 Å². The zero-order valence-electron chi connectivity index (χ0n) is 6.86. The topological polar surface area (TPSA) is 32.3 Å². The van der Waals surface area contributed by atoms with E-state index in [1.54, 1.807) is 13.8 Å². The average Bonchev–Trinajstić information content (AvgIpc) is 1.84. The molecule has 0 aliphatic rings. The minimum atomic E-state index is -0.822. The molecule has 0 bridgehead atoms. The predicted molar refractivity (Wildman–Crippen MR) is 42.6 cm³/mol. The zero-order valence-corrected chi connectivity index (χ0v) is 6.86. The average molecular weight is 141 g/mol. The summed E-state index contributed by atoms with van der Waals surface area (Å²) in [6.07, 6.45) is 0.671. The molecule has 0 aromatic carbocycles. The summed E-state index contributed by atoms with van der Waals surface area (Å²) < 4.78 is 0. The SMILES string of the molecule is CC#CC(C)(O)CCNC. The molecule has 0 aliphatic carbocycles. The van der Waals surface area contributed by atoms with Gasteiger partial charge in [0.2, 0.25) is 0 Å². The van der Waals surface area contributed by atoms with Crippen molar-refractivity contribution in [2.75, 3.05) is 13.6 Å². The van der Waals surface area contributed by atoms with Crippen LogP contribution < -0.4 is 5.32 Å². The van der Waals surface area contributed by atoms with Gasteiger partial charge >= 0.3 is 0 Å². The van der Waals surface area contributed by atoms with E-state index in [2.05, 4.69) is 17.2 Å². The molecule has 0 radical (unpaired) electrons. The van der Waals surface area contributed by atoms with Gasteiger partial charge in [-0.1, -0.05) is 5.92 Å². The summed E-state index contributed by atoms with van der Waals surface area (Å²) in [6.45, 7) is 4.25. The molecule has 10 heavy (non-hydrogen) atoms. The van der Waals surface area contributed by atoms with E-state index < -0.39 is 5.60 Å². The van der Waals surface area contributed by atoms with Crippen LogP contribution in [0.2, 0.25) is 0 Å². The molecule has 2 heteroatoms. The Balaban J connectivity index is 3.71. The summed E-state index contributed by atoms with van der Waals surface area (Å²) in [6, 6.07) is 0. The van der Waals surface area contributed by atoms with Crippen LogP contribution in [0.15, 0.2) is 0 Å². The molecule has 0 amide bonds. The molecule has 0 heterocycles. The van der Waals surface area contributed by atoms with Crippen molar-refractivity contribution in [1.82, 2.24) is 5.32 Å². The first-order chi connectivity index (χ1) is 4.62. The van der Waals surface area contributed by atoms with Crippen molar-refractivity contribution in [1.29, 1.82) is 0 Å². The Bertz CT molecular complexity index is 141. The van der Waals surface area contributed by atoms with Gasteiger partial charge in [-0.3, -0.25) is 0 Å². The van der Waals surface area contributed by atoms with Gasteiger partial charge in [0.05, 0.1) is 0 Å². The minimum Gasteiger partial charge on any atom is -0.378 e. The van der Waals surface area contributed by atoms with Crippen LogP contribution in [0.3, 0.4) is 0 Å². The highest BCUT2D eigenvalue weighted by Crippen LogP contribution is 2.05. The van der Waals surface area contributed by atoms with Crippen LogP contribution in [0.5, 0.6) is 0 Å². The van der Waals surface area contributed by atoms with E-state index in [4.69, 9.17) is 0 Å². The lowest BCUT2D eigenvalue weighted by Gasteiger charge is -2.14. The van der Waals surface area contributed by atoms with Crippen molar-refractivity contribution in [3.8, 4) is 11.8 Å². The maximum atomic E-state index is 9.43. The largest absolute Gasteiger partial charge is 0.378 e. The Labute approximate surface area is 62.6 Å². The molecule has 0 aromatic rings. The molecular weight excluding hydrogens is 126 g/mol. The number of rotatable bonds is 3. The molecule has 0 fully saturated rings. The Hall–Kier alpha value is -0.520. The quantitative estimate of drug-likeness (QED) is 0.557. The van der Waals surface area contributed by atoms with Gasteiger partial charge in [0.1, 0.15) is 5.60 Å².